The van der Waals surface area contributed by atoms with Gasteiger partial charge < -0.3 is 18.9 Å². The molecule has 1 saturated carbocycles. The number of rotatable bonds is 9. The lowest BCUT2D eigenvalue weighted by Crippen LogP contribution is -2.13. The van der Waals surface area contributed by atoms with Crippen molar-refractivity contribution < 1.29 is 23.7 Å². The molecule has 0 atom stereocenters. The van der Waals surface area contributed by atoms with Crippen molar-refractivity contribution in [2.24, 2.45) is 0 Å². The molecule has 164 valence electrons. The van der Waals surface area contributed by atoms with Crippen LogP contribution in [0.5, 0.6) is 11.6 Å². The summed E-state index contributed by atoms with van der Waals surface area (Å²) in [4.78, 5) is 15.5. The minimum atomic E-state index is -0.359. The van der Waals surface area contributed by atoms with Crippen LogP contribution in [0.15, 0.2) is 30.3 Å². The number of methoxy groups -OCH3 is 1. The van der Waals surface area contributed by atoms with Crippen LogP contribution in [0, 0.1) is 11.3 Å². The molecule has 31 heavy (non-hydrogen) atoms. The Morgan fingerprint density at radius 2 is 1.90 bits per heavy atom. The topological polar surface area (TPSA) is 90.7 Å². The molecule has 7 nitrogen and oxygen atoms in total. The van der Waals surface area contributed by atoms with Crippen LogP contribution >= 0.6 is 0 Å². The van der Waals surface area contributed by atoms with Crippen LogP contribution in [0.4, 0.5) is 0 Å². The van der Waals surface area contributed by atoms with E-state index in [4.69, 9.17) is 23.9 Å². The number of hydrogen-bond donors (Lipinski definition) is 0. The van der Waals surface area contributed by atoms with E-state index in [0.717, 1.165) is 35.4 Å². The monoisotopic (exact) mass is 424 g/mol. The maximum absolute atomic E-state index is 10.8. The zero-order valence-corrected chi connectivity index (χ0v) is 18.1. The average Bonchev–Trinajstić information content (AvgIpc) is 2.81. The molecule has 0 aliphatic heterocycles. The molecule has 1 aliphatic rings. The van der Waals surface area contributed by atoms with Crippen molar-refractivity contribution in [3.8, 4) is 28.8 Å². The molecule has 1 aromatic carbocycles. The van der Waals surface area contributed by atoms with Gasteiger partial charge in [0.15, 0.2) is 6.79 Å². The quantitative estimate of drug-likeness (QED) is 0.330. The summed E-state index contributed by atoms with van der Waals surface area (Å²) in [5.41, 5.74) is 3.00. The van der Waals surface area contributed by atoms with Gasteiger partial charge in [0, 0.05) is 24.1 Å². The molecule has 1 aromatic heterocycles. The molecule has 1 aliphatic carbocycles. The highest BCUT2D eigenvalue weighted by atomic mass is 16.7. The summed E-state index contributed by atoms with van der Waals surface area (Å²) < 4.78 is 21.2. The first-order chi connectivity index (χ1) is 15.1. The molecular weight excluding hydrogens is 396 g/mol. The predicted octanol–water partition coefficient (Wildman–Crippen LogP) is 4.59. The lowest BCUT2D eigenvalue weighted by Gasteiger charge is -2.23. The predicted molar refractivity (Wildman–Crippen MR) is 115 cm³/mol. The number of hydrogen-bond acceptors (Lipinski definition) is 7. The summed E-state index contributed by atoms with van der Waals surface area (Å²) in [5.74, 6) is 1.01. The van der Waals surface area contributed by atoms with Crippen molar-refractivity contribution in [3.63, 3.8) is 0 Å². The van der Waals surface area contributed by atoms with Gasteiger partial charge in [-0.15, -0.1) is 0 Å². The molecule has 2 aromatic rings. The van der Waals surface area contributed by atoms with Gasteiger partial charge in [0.1, 0.15) is 24.0 Å². The molecule has 1 heterocycles. The molecule has 0 spiro atoms. The van der Waals surface area contributed by atoms with Crippen LogP contribution < -0.4 is 9.47 Å². The Bertz CT molecular complexity index is 915. The highest BCUT2D eigenvalue weighted by molar-refractivity contribution is 5.73. The highest BCUT2D eigenvalue weighted by Crippen LogP contribution is 2.37. The van der Waals surface area contributed by atoms with Crippen LogP contribution in [-0.2, 0) is 14.3 Å². The fraction of sp³-hybridized carbons (Fsp3) is 0.458. The summed E-state index contributed by atoms with van der Waals surface area (Å²) >= 11 is 0. The number of ether oxygens (including phenoxy) is 4. The Labute approximate surface area is 182 Å². The zero-order valence-electron chi connectivity index (χ0n) is 18.1. The van der Waals surface area contributed by atoms with E-state index < -0.39 is 0 Å². The van der Waals surface area contributed by atoms with E-state index in [0.29, 0.717) is 11.5 Å². The maximum atomic E-state index is 10.8. The number of pyridine rings is 1. The first-order valence-corrected chi connectivity index (χ1v) is 10.6. The summed E-state index contributed by atoms with van der Waals surface area (Å²) in [6, 6.07) is 11.9. The SMILES string of the molecule is COc1ccc(-c2cc(C3CCCCC3)nc(OCOCCOC(C)=O)c2C#N)cc1. The van der Waals surface area contributed by atoms with Gasteiger partial charge >= 0.3 is 5.97 Å². The molecule has 1 fully saturated rings. The van der Waals surface area contributed by atoms with Crippen LogP contribution in [0.25, 0.3) is 11.1 Å². The molecular formula is C24H28N2O5. The average molecular weight is 424 g/mol. The Hall–Kier alpha value is -3.11. The van der Waals surface area contributed by atoms with Crippen molar-refractivity contribution in [2.45, 2.75) is 44.9 Å². The molecule has 0 radical (unpaired) electrons. The largest absolute Gasteiger partial charge is 0.497 e. The van der Waals surface area contributed by atoms with Crippen molar-refractivity contribution in [1.29, 1.82) is 5.26 Å². The summed E-state index contributed by atoms with van der Waals surface area (Å²) in [7, 11) is 1.62. The number of benzene rings is 1. The number of carbonyl (C=O) groups is 1. The van der Waals surface area contributed by atoms with E-state index in [-0.39, 0.29) is 31.9 Å². The Morgan fingerprint density at radius 1 is 1.16 bits per heavy atom. The third-order valence-electron chi connectivity index (χ3n) is 5.35. The summed E-state index contributed by atoms with van der Waals surface area (Å²) in [6.45, 7) is 1.61. The van der Waals surface area contributed by atoms with E-state index in [1.807, 2.05) is 30.3 Å². The van der Waals surface area contributed by atoms with E-state index >= 15 is 0 Å². The lowest BCUT2D eigenvalue weighted by atomic mass is 9.85. The number of nitrogens with zero attached hydrogens (tertiary/aromatic N) is 2. The van der Waals surface area contributed by atoms with Crippen molar-refractivity contribution in [2.75, 3.05) is 27.1 Å². The second-order valence-corrected chi connectivity index (χ2v) is 7.46. The van der Waals surface area contributed by atoms with Crippen LogP contribution in [-0.4, -0.2) is 38.1 Å². The first kappa shape index (κ1) is 22.6. The zero-order chi connectivity index (χ0) is 22.1. The van der Waals surface area contributed by atoms with Gasteiger partial charge in [-0.3, -0.25) is 4.79 Å². The normalized spacial score (nSPS) is 14.0. The van der Waals surface area contributed by atoms with E-state index in [9.17, 15) is 10.1 Å². The van der Waals surface area contributed by atoms with E-state index in [2.05, 4.69) is 6.07 Å². The molecule has 3 rings (SSSR count). The highest BCUT2D eigenvalue weighted by Gasteiger charge is 2.22. The van der Waals surface area contributed by atoms with Gasteiger partial charge in [-0.2, -0.15) is 5.26 Å². The second kappa shape index (κ2) is 11.3. The number of nitriles is 1. The van der Waals surface area contributed by atoms with Crippen molar-refractivity contribution >= 4 is 5.97 Å². The van der Waals surface area contributed by atoms with Crippen molar-refractivity contribution in [3.05, 3.63) is 41.6 Å². The third kappa shape index (κ3) is 6.19. The van der Waals surface area contributed by atoms with Gasteiger partial charge in [-0.05, 0) is 36.6 Å². The maximum Gasteiger partial charge on any atom is 0.302 e. The third-order valence-corrected chi connectivity index (χ3v) is 5.35. The molecule has 7 heteroatoms. The first-order valence-electron chi connectivity index (χ1n) is 10.6. The molecule has 0 amide bonds. The Morgan fingerprint density at radius 3 is 2.55 bits per heavy atom. The summed E-state index contributed by atoms with van der Waals surface area (Å²) in [5, 5.41) is 9.87. The van der Waals surface area contributed by atoms with Gasteiger partial charge in [-0.1, -0.05) is 31.4 Å². The van der Waals surface area contributed by atoms with Crippen molar-refractivity contribution in [1.82, 2.24) is 4.98 Å². The van der Waals surface area contributed by atoms with Crippen LogP contribution in [0.3, 0.4) is 0 Å². The number of aromatic nitrogens is 1. The fourth-order valence-electron chi connectivity index (χ4n) is 3.76. The summed E-state index contributed by atoms with van der Waals surface area (Å²) in [6.07, 6.45) is 5.77. The minimum absolute atomic E-state index is 0.0842. The molecule has 0 N–H and O–H groups in total. The van der Waals surface area contributed by atoms with Gasteiger partial charge in [0.2, 0.25) is 5.88 Å². The number of carbonyl (C=O) groups excluding carboxylic acids is 1. The number of esters is 1. The Balaban J connectivity index is 1.86. The van der Waals surface area contributed by atoms with Crippen LogP contribution in [0.2, 0.25) is 0 Å². The van der Waals surface area contributed by atoms with Crippen LogP contribution in [0.1, 0.15) is 56.2 Å². The lowest BCUT2D eigenvalue weighted by molar-refractivity contribution is -0.143. The molecule has 0 unspecified atom stereocenters. The molecule has 0 bridgehead atoms. The smallest absolute Gasteiger partial charge is 0.302 e. The van der Waals surface area contributed by atoms with Gasteiger partial charge in [0.05, 0.1) is 13.7 Å². The van der Waals surface area contributed by atoms with E-state index in [1.54, 1.807) is 7.11 Å². The standard InChI is InChI=1S/C24H28N2O5/c1-17(27)30-13-12-29-16-31-24-22(15-25)21(18-8-10-20(28-2)11-9-18)14-23(26-24)19-6-4-3-5-7-19/h8-11,14,19H,3-7,12-13,16H2,1-2H3. The molecule has 0 saturated heterocycles. The minimum Gasteiger partial charge on any atom is -0.497 e. The van der Waals surface area contributed by atoms with Gasteiger partial charge in [-0.25, -0.2) is 4.98 Å². The fourth-order valence-corrected chi connectivity index (χ4v) is 3.76. The van der Waals surface area contributed by atoms with E-state index in [1.165, 1.54) is 26.2 Å². The second-order valence-electron chi connectivity index (χ2n) is 7.46. The Kier molecular flexibility index (Phi) is 8.25. The van der Waals surface area contributed by atoms with Gasteiger partial charge in [0.25, 0.3) is 0 Å².